The summed E-state index contributed by atoms with van der Waals surface area (Å²) in [5.41, 5.74) is 2.90. The first-order chi connectivity index (χ1) is 52.9. The number of hydrogen-bond acceptors (Lipinski definition) is 18. The van der Waals surface area contributed by atoms with Gasteiger partial charge in [-0.3, -0.25) is 29.0 Å². The van der Waals surface area contributed by atoms with Crippen LogP contribution in [-0.4, -0.2) is 209 Å². The number of aryl methyl sites for hydroxylation is 1. The van der Waals surface area contributed by atoms with Gasteiger partial charge in [0.2, 0.25) is 17.7 Å². The van der Waals surface area contributed by atoms with Crippen LogP contribution < -0.4 is 25.6 Å². The number of nitrogens with zero attached hydrogens (tertiary/aromatic N) is 7. The molecule has 0 saturated carbocycles. The smallest absolute Gasteiger partial charge is 0.391 e. The first-order valence-corrected chi connectivity index (χ1v) is 44.4. The van der Waals surface area contributed by atoms with Crippen molar-refractivity contribution in [3.05, 3.63) is 160 Å². The molecule has 4 fully saturated rings. The van der Waals surface area contributed by atoms with Crippen LogP contribution in [-0.2, 0) is 34.2 Å². The van der Waals surface area contributed by atoms with Crippen LogP contribution in [0, 0.1) is 17.8 Å². The summed E-state index contributed by atoms with van der Waals surface area (Å²) in [5.74, 6) is -0.937. The number of aliphatic hydroxyl groups excluding tert-OH is 1. The summed E-state index contributed by atoms with van der Waals surface area (Å²) in [5, 5.41) is 21.1. The molecule has 5 aliphatic rings. The number of sulfone groups is 1. The van der Waals surface area contributed by atoms with E-state index in [0.29, 0.717) is 69.0 Å². The van der Waals surface area contributed by atoms with Gasteiger partial charge < -0.3 is 40.7 Å². The highest BCUT2D eigenvalue weighted by Crippen LogP contribution is 2.45. The van der Waals surface area contributed by atoms with Crippen molar-refractivity contribution in [2.75, 3.05) is 114 Å². The molecule has 0 radical (unpaired) electrons. The topological polar surface area (TPSA) is 237 Å². The zero-order valence-electron chi connectivity index (χ0n) is 64.7. The Morgan fingerprint density at radius 2 is 1.44 bits per heavy atom. The molecule has 0 unspecified atom stereocenters. The third-order valence-electron chi connectivity index (χ3n) is 22.4. The number of anilines is 2. The number of carbonyl (C=O) groups is 4. The molecule has 20 nitrogen and oxygen atoms in total. The molecule has 5 heterocycles. The summed E-state index contributed by atoms with van der Waals surface area (Å²) in [7, 11) is -11.0. The van der Waals surface area contributed by atoms with Crippen molar-refractivity contribution in [3.8, 4) is 10.4 Å². The lowest BCUT2D eigenvalue weighted by Gasteiger charge is -2.44. The van der Waals surface area contributed by atoms with Crippen molar-refractivity contribution in [3.63, 3.8) is 0 Å². The number of thioether (sulfide) groups is 1. The molecule has 4 saturated heterocycles. The van der Waals surface area contributed by atoms with Gasteiger partial charge in [0.25, 0.3) is 25.8 Å². The van der Waals surface area contributed by atoms with Gasteiger partial charge in [-0.25, -0.2) is 26.5 Å². The van der Waals surface area contributed by atoms with E-state index in [-0.39, 0.29) is 47.7 Å². The lowest BCUT2D eigenvalue weighted by Crippen LogP contribution is -2.56. The Bertz CT molecular complexity index is 4400. The van der Waals surface area contributed by atoms with Crippen LogP contribution in [0.15, 0.2) is 147 Å². The molecule has 4 amide bonds. The van der Waals surface area contributed by atoms with Gasteiger partial charge in [-0.2, -0.15) is 13.2 Å². The maximum atomic E-state index is 14.4. The first kappa shape index (κ1) is 85.0. The van der Waals surface area contributed by atoms with Crippen molar-refractivity contribution < 1.29 is 54.3 Å². The highest BCUT2D eigenvalue weighted by Gasteiger charge is 2.49. The second-order valence-corrected chi connectivity index (χ2v) is 38.0. The van der Waals surface area contributed by atoms with Crippen LogP contribution in [0.5, 0.6) is 0 Å². The van der Waals surface area contributed by atoms with E-state index in [0.717, 1.165) is 167 Å². The summed E-state index contributed by atoms with van der Waals surface area (Å²) in [6.45, 7) is 23.0. The number of halogens is 4. The Morgan fingerprint density at radius 1 is 0.775 bits per heavy atom. The number of benzene rings is 5. The van der Waals surface area contributed by atoms with Gasteiger partial charge in [0, 0.05) is 124 Å². The average Bonchev–Trinajstić information content (AvgIpc) is 1.28. The molecular weight excluding hydrogens is 1520 g/mol. The van der Waals surface area contributed by atoms with E-state index in [4.69, 9.17) is 11.6 Å². The van der Waals surface area contributed by atoms with E-state index in [1.807, 2.05) is 116 Å². The summed E-state index contributed by atoms with van der Waals surface area (Å²) in [6, 6.07) is 32.3. The standard InChI is InChI=1S/C83H109ClF3N11O9S4/c1-58(60-21-23-62(24-22-60)76-59(2)89-57-109-76)90-79(102)73-50-68(99)54-98(73)80(103)77(81(3,4)5)88-38-15-9-7-8-14-20-75(100)97-48-44-95(45-49-97)56-82(6)37-35-71(61-25-29-65(84)30-26-61)64(52-82)53-94-42-46-96(47-43-94)67-31-27-63(28-32-67)78(101)92-111(106,107)70-33-34-72(74(51-70)110(104,105)83(85,86)87)91-66(36-41-93-39-16-11-17-40-93)55-108-69-18-12-10-13-19-69/h10,12-13,18-19,21-34,51,57-58,66,68,73,77,88,91,99H,7-9,11,14-17,20,35-50,52-56H2,1-6H3,(H,90,102)(H,92,101)/t58-,66+,68+,73-,77+,82+/m0/s1. The van der Waals surface area contributed by atoms with Gasteiger partial charge in [0.05, 0.1) is 44.9 Å². The second-order valence-electron chi connectivity index (χ2n) is 32.0. The molecule has 6 atom stereocenters. The lowest BCUT2D eigenvalue weighted by molar-refractivity contribution is -0.142. The van der Waals surface area contributed by atoms with Gasteiger partial charge in [-0.15, -0.1) is 23.1 Å². The number of alkyl halides is 3. The van der Waals surface area contributed by atoms with Crippen molar-refractivity contribution in [1.29, 1.82) is 0 Å². The van der Waals surface area contributed by atoms with E-state index >= 15 is 0 Å². The van der Waals surface area contributed by atoms with E-state index in [1.165, 1.54) is 40.6 Å². The minimum Gasteiger partial charge on any atom is -0.391 e. The van der Waals surface area contributed by atoms with Crippen molar-refractivity contribution in [2.45, 2.75) is 182 Å². The molecule has 4 aliphatic heterocycles. The maximum Gasteiger partial charge on any atom is 0.501 e. The predicted octanol–water partition coefficient (Wildman–Crippen LogP) is 13.7. The Hall–Kier alpha value is -6.92. The number of piperazine rings is 2. The maximum absolute atomic E-state index is 14.4. The number of aromatic nitrogens is 1. The largest absolute Gasteiger partial charge is 0.501 e. The van der Waals surface area contributed by atoms with Crippen molar-refractivity contribution in [2.24, 2.45) is 10.8 Å². The molecule has 11 rings (SSSR count). The monoisotopic (exact) mass is 1620 g/mol. The van der Waals surface area contributed by atoms with Crippen LogP contribution in [0.2, 0.25) is 5.02 Å². The number of β-amino-alcohol motifs (C(OH)–C–C–N with tert-alkyl or cyclic N) is 1. The quantitative estimate of drug-likeness (QED) is 0.0195. The summed E-state index contributed by atoms with van der Waals surface area (Å²) >= 11 is 9.46. The first-order valence-electron chi connectivity index (χ1n) is 39.2. The third-order valence-corrected chi connectivity index (χ3v) is 27.7. The molecule has 0 bridgehead atoms. The molecule has 111 heavy (non-hydrogen) atoms. The number of hydrogen-bond donors (Lipinski definition) is 5. The number of amides is 4. The van der Waals surface area contributed by atoms with Crippen LogP contribution in [0.25, 0.3) is 16.0 Å². The van der Waals surface area contributed by atoms with E-state index in [9.17, 15) is 54.3 Å². The molecule has 1 aliphatic carbocycles. The van der Waals surface area contributed by atoms with Gasteiger partial charge in [0.15, 0.2) is 0 Å². The molecule has 5 N–H and O–H groups in total. The Balaban J connectivity index is 0.615. The zero-order chi connectivity index (χ0) is 79.3. The molecule has 5 aromatic carbocycles. The van der Waals surface area contributed by atoms with Crippen LogP contribution >= 0.6 is 34.7 Å². The highest BCUT2D eigenvalue weighted by atomic mass is 35.5. The van der Waals surface area contributed by atoms with E-state index in [1.54, 1.807) is 28.4 Å². The van der Waals surface area contributed by atoms with Gasteiger partial charge in [0.1, 0.15) is 10.9 Å². The number of rotatable bonds is 32. The molecule has 1 aromatic heterocycles. The number of carbonyl (C=O) groups excluding carboxylic acids is 4. The minimum atomic E-state index is -6.09. The number of unbranched alkanes of at least 4 members (excludes halogenated alkanes) is 4. The van der Waals surface area contributed by atoms with E-state index in [2.05, 4.69) is 59.6 Å². The van der Waals surface area contributed by atoms with Gasteiger partial charge in [-0.05, 0) is 185 Å². The Kier molecular flexibility index (Phi) is 29.1. The normalized spacial score (nSPS) is 20.3. The fraction of sp³-hybridized carbons (Fsp3) is 0.530. The Morgan fingerprint density at radius 3 is 2.11 bits per heavy atom. The highest BCUT2D eigenvalue weighted by molar-refractivity contribution is 7.99. The molecule has 28 heteroatoms. The number of aliphatic hydroxyl groups is 1. The number of piperidine rings is 1. The summed E-state index contributed by atoms with van der Waals surface area (Å²) < 4.78 is 99.4. The van der Waals surface area contributed by atoms with Gasteiger partial charge >= 0.3 is 5.51 Å². The fourth-order valence-electron chi connectivity index (χ4n) is 16.0. The predicted molar refractivity (Wildman–Crippen MR) is 436 cm³/mol. The molecule has 6 aromatic rings. The molecule has 0 spiro atoms. The number of nitrogens with one attached hydrogen (secondary N) is 4. The Labute approximate surface area is 667 Å². The van der Waals surface area contributed by atoms with Crippen LogP contribution in [0.3, 0.4) is 0 Å². The number of likely N-dealkylation sites (tertiary alicyclic amines) is 2. The number of thiazole rings is 1. The van der Waals surface area contributed by atoms with Crippen LogP contribution in [0.1, 0.15) is 158 Å². The van der Waals surface area contributed by atoms with Crippen molar-refractivity contribution in [1.82, 2.24) is 44.8 Å². The number of allylic oxidation sites excluding steroid dienone is 1. The third kappa shape index (κ3) is 22.8. The zero-order valence-corrected chi connectivity index (χ0v) is 68.7. The molecular formula is C83H109ClF3N11O9S4. The van der Waals surface area contributed by atoms with Crippen LogP contribution in [0.4, 0.5) is 24.5 Å². The fourth-order valence-corrected chi connectivity index (χ4v) is 20.0. The average molecular weight is 1630 g/mol. The minimum absolute atomic E-state index is 0.00248. The van der Waals surface area contributed by atoms with Gasteiger partial charge in [-0.1, -0.05) is 125 Å². The van der Waals surface area contributed by atoms with Crippen molar-refractivity contribution >= 4 is 95.1 Å². The summed E-state index contributed by atoms with van der Waals surface area (Å²) in [4.78, 5) is 72.8. The number of sulfonamides is 1. The second kappa shape index (κ2) is 38.0. The summed E-state index contributed by atoms with van der Waals surface area (Å²) in [6.07, 6.45) is 10.9. The van der Waals surface area contributed by atoms with E-state index < -0.39 is 76.4 Å². The lowest BCUT2D eigenvalue weighted by atomic mass is 9.71. The SMILES string of the molecule is Cc1ncsc1-c1ccc([C@H](C)NC(=O)[C@@H]2C[C@@H](O)CN2C(=O)[C@@H](NCCCCCCCC(=O)N2CCN(C[C@]3(C)CCC(c4ccc(Cl)cc4)=C(CN4CCN(c5ccc(C(=O)NS(=O)(=O)c6ccc(N[C@H](CCN7CCCCC7)CSc7ccccc7)c(S(=O)(=O)C(F)(F)F)c6)cc5)CC4)C3)CC2)C(C)(C)C)cc1. The molecule has 602 valence electrons.